The molecule has 9 heteroatoms. The number of likely N-dealkylation sites (tertiary alicyclic amines) is 1. The number of esters is 2. The summed E-state index contributed by atoms with van der Waals surface area (Å²) in [4.78, 5) is 45.1. The molecule has 222 valence electrons. The van der Waals surface area contributed by atoms with Crippen molar-refractivity contribution in [1.82, 2.24) is 4.90 Å². The summed E-state index contributed by atoms with van der Waals surface area (Å²) >= 11 is 0. The van der Waals surface area contributed by atoms with Gasteiger partial charge in [0.05, 0.1) is 23.6 Å². The van der Waals surface area contributed by atoms with E-state index in [2.05, 4.69) is 34.2 Å². The number of nitro groups is 1. The molecule has 9 nitrogen and oxygen atoms in total. The minimum absolute atomic E-state index is 0.0212. The van der Waals surface area contributed by atoms with Gasteiger partial charge in [0, 0.05) is 49.0 Å². The number of rotatable bonds is 8. The Balaban J connectivity index is 1.47. The summed E-state index contributed by atoms with van der Waals surface area (Å²) in [5.41, 5.74) is 2.83. The van der Waals surface area contributed by atoms with Crippen LogP contribution in [-0.2, 0) is 19.1 Å². The third-order valence-corrected chi connectivity index (χ3v) is 8.34. The highest BCUT2D eigenvalue weighted by Gasteiger charge is 2.46. The number of aliphatic imine (C=N–C) groups is 1. The van der Waals surface area contributed by atoms with E-state index in [9.17, 15) is 19.7 Å². The first-order chi connectivity index (χ1) is 20.6. The molecule has 0 N–H and O–H groups in total. The second kappa shape index (κ2) is 12.3. The summed E-state index contributed by atoms with van der Waals surface area (Å²) in [6.07, 6.45) is 0.603. The van der Waals surface area contributed by atoms with Crippen molar-refractivity contribution >= 4 is 23.3 Å². The molecule has 3 aromatic rings. The fourth-order valence-corrected chi connectivity index (χ4v) is 6.36. The smallest absolute Gasteiger partial charge is 0.337 e. The number of benzene rings is 3. The molecule has 0 aromatic heterocycles. The van der Waals surface area contributed by atoms with Crippen LogP contribution in [0.5, 0.6) is 0 Å². The summed E-state index contributed by atoms with van der Waals surface area (Å²) in [7, 11) is 1.27. The van der Waals surface area contributed by atoms with Crippen molar-refractivity contribution in [2.24, 2.45) is 10.9 Å². The summed E-state index contributed by atoms with van der Waals surface area (Å²) in [5, 5.41) is 11.6. The Bertz CT molecular complexity index is 1550. The zero-order chi connectivity index (χ0) is 30.7. The lowest BCUT2D eigenvalue weighted by Crippen LogP contribution is -2.40. The van der Waals surface area contributed by atoms with Crippen LogP contribution < -0.4 is 0 Å². The Kier molecular flexibility index (Phi) is 8.54. The predicted octanol–water partition coefficient (Wildman–Crippen LogP) is 6.01. The first-order valence-electron chi connectivity index (χ1n) is 14.3. The Morgan fingerprint density at radius 2 is 1.63 bits per heavy atom. The number of hydrogen-bond acceptors (Lipinski definition) is 8. The van der Waals surface area contributed by atoms with Gasteiger partial charge in [-0.25, -0.2) is 4.79 Å². The van der Waals surface area contributed by atoms with E-state index in [-0.39, 0.29) is 17.3 Å². The standard InChI is InChI=1S/C34H35N3O6/c1-22-28(32(38)42-4)30(26-16-11-17-27(20-26)37(40)41)29(23(2)35-22)33(39)43-34(3)18-19-36(21-34)31(24-12-7-5-8-13-24)25-14-9-6-10-15-25/h5-17,20,28,30-31H,18-19,21H2,1-4H3/t28?,30-,34?/m0/s1. The predicted molar refractivity (Wildman–Crippen MR) is 163 cm³/mol. The van der Waals surface area contributed by atoms with E-state index in [1.54, 1.807) is 26.0 Å². The molecular weight excluding hydrogens is 546 g/mol. The molecule has 0 saturated carbocycles. The number of nitro benzene ring substituents is 1. The van der Waals surface area contributed by atoms with Crippen molar-refractivity contribution in [2.45, 2.75) is 44.8 Å². The van der Waals surface area contributed by atoms with Gasteiger partial charge in [-0.2, -0.15) is 0 Å². The Labute approximate surface area is 251 Å². The number of nitrogens with zero attached hydrogens (tertiary/aromatic N) is 3. The first kappa shape index (κ1) is 29.8. The molecule has 3 aromatic carbocycles. The van der Waals surface area contributed by atoms with Gasteiger partial charge in [-0.1, -0.05) is 72.8 Å². The number of carbonyl (C=O) groups excluding carboxylic acids is 2. The van der Waals surface area contributed by atoms with Gasteiger partial charge >= 0.3 is 11.9 Å². The minimum atomic E-state index is -0.938. The first-order valence-corrected chi connectivity index (χ1v) is 14.3. The highest BCUT2D eigenvalue weighted by Crippen LogP contribution is 2.43. The molecule has 0 amide bonds. The van der Waals surface area contributed by atoms with Gasteiger partial charge in [-0.3, -0.25) is 24.8 Å². The minimum Gasteiger partial charge on any atom is -0.468 e. The molecule has 3 atom stereocenters. The van der Waals surface area contributed by atoms with Gasteiger partial charge < -0.3 is 9.47 Å². The Morgan fingerprint density at radius 3 is 2.21 bits per heavy atom. The number of carbonyl (C=O) groups is 2. The molecule has 2 heterocycles. The molecule has 0 spiro atoms. The van der Waals surface area contributed by atoms with E-state index in [4.69, 9.17) is 9.47 Å². The molecule has 43 heavy (non-hydrogen) atoms. The average molecular weight is 582 g/mol. The van der Waals surface area contributed by atoms with E-state index in [1.165, 1.54) is 19.2 Å². The van der Waals surface area contributed by atoms with Crippen molar-refractivity contribution in [3.8, 4) is 0 Å². The second-order valence-corrected chi connectivity index (χ2v) is 11.4. The highest BCUT2D eigenvalue weighted by atomic mass is 16.6. The molecule has 1 saturated heterocycles. The third-order valence-electron chi connectivity index (χ3n) is 8.34. The largest absolute Gasteiger partial charge is 0.468 e. The molecule has 0 bridgehead atoms. The monoisotopic (exact) mass is 581 g/mol. The average Bonchev–Trinajstić information content (AvgIpc) is 3.38. The van der Waals surface area contributed by atoms with E-state index in [0.29, 0.717) is 36.5 Å². The van der Waals surface area contributed by atoms with Gasteiger partial charge in [0.1, 0.15) is 11.5 Å². The van der Waals surface area contributed by atoms with Crippen LogP contribution in [0.15, 0.2) is 101 Å². The highest BCUT2D eigenvalue weighted by molar-refractivity contribution is 6.07. The Morgan fingerprint density at radius 1 is 1.00 bits per heavy atom. The van der Waals surface area contributed by atoms with Gasteiger partial charge in [0.2, 0.25) is 0 Å². The molecule has 2 aliphatic rings. The van der Waals surface area contributed by atoms with Gasteiger partial charge in [-0.15, -0.1) is 0 Å². The van der Waals surface area contributed by atoms with Crippen LogP contribution in [0.25, 0.3) is 0 Å². The molecule has 0 radical (unpaired) electrons. The summed E-state index contributed by atoms with van der Waals surface area (Å²) < 4.78 is 11.4. The second-order valence-electron chi connectivity index (χ2n) is 11.4. The molecule has 1 fully saturated rings. The fourth-order valence-electron chi connectivity index (χ4n) is 6.36. The van der Waals surface area contributed by atoms with Crippen molar-refractivity contribution in [3.05, 3.63) is 123 Å². The number of non-ortho nitro benzene ring substituents is 1. The zero-order valence-electron chi connectivity index (χ0n) is 24.7. The summed E-state index contributed by atoms with van der Waals surface area (Å²) in [6.45, 7) is 6.50. The number of ether oxygens (including phenoxy) is 2. The van der Waals surface area contributed by atoms with E-state index in [1.807, 2.05) is 43.3 Å². The van der Waals surface area contributed by atoms with Crippen molar-refractivity contribution in [1.29, 1.82) is 0 Å². The van der Waals surface area contributed by atoms with E-state index in [0.717, 1.165) is 11.1 Å². The summed E-state index contributed by atoms with van der Waals surface area (Å²) in [5.74, 6) is -2.98. The van der Waals surface area contributed by atoms with Crippen LogP contribution in [-0.4, -0.2) is 53.3 Å². The van der Waals surface area contributed by atoms with Crippen LogP contribution in [0, 0.1) is 16.0 Å². The summed E-state index contributed by atoms with van der Waals surface area (Å²) in [6, 6.07) is 26.4. The molecular formula is C34H35N3O6. The van der Waals surface area contributed by atoms with E-state index >= 15 is 0 Å². The lowest BCUT2D eigenvalue weighted by atomic mass is 9.75. The number of hydrogen-bond donors (Lipinski definition) is 0. The quantitative estimate of drug-likeness (QED) is 0.182. The lowest BCUT2D eigenvalue weighted by Gasteiger charge is -2.34. The van der Waals surface area contributed by atoms with E-state index < -0.39 is 34.3 Å². The molecule has 2 unspecified atom stereocenters. The lowest BCUT2D eigenvalue weighted by molar-refractivity contribution is -0.384. The Hall–Kier alpha value is -4.63. The topological polar surface area (TPSA) is 111 Å². The maximum absolute atomic E-state index is 14.1. The van der Waals surface area contributed by atoms with Crippen LogP contribution in [0.3, 0.4) is 0 Å². The van der Waals surface area contributed by atoms with Crippen LogP contribution >= 0.6 is 0 Å². The normalized spacial score (nSPS) is 22.3. The zero-order valence-corrected chi connectivity index (χ0v) is 24.7. The van der Waals surface area contributed by atoms with Crippen molar-refractivity contribution in [3.63, 3.8) is 0 Å². The van der Waals surface area contributed by atoms with Gasteiger partial charge in [-0.05, 0) is 37.5 Å². The molecule has 2 aliphatic heterocycles. The number of allylic oxidation sites excluding steroid dienone is 1. The van der Waals surface area contributed by atoms with Crippen LogP contribution in [0.1, 0.15) is 55.8 Å². The van der Waals surface area contributed by atoms with Crippen molar-refractivity contribution in [2.75, 3.05) is 20.2 Å². The third kappa shape index (κ3) is 6.12. The maximum Gasteiger partial charge on any atom is 0.337 e. The SMILES string of the molecule is COC(=O)C1C(C)=NC(C)=C(C(=O)OC2(C)CCN(C(c3ccccc3)c3ccccc3)C2)[C@H]1c1cccc([N+](=O)[O-])c1. The fraction of sp³-hybridized carbons (Fsp3) is 0.324. The maximum atomic E-state index is 14.1. The molecule has 5 rings (SSSR count). The van der Waals surface area contributed by atoms with Crippen molar-refractivity contribution < 1.29 is 24.0 Å². The number of methoxy groups -OCH3 is 1. The van der Waals surface area contributed by atoms with Crippen LogP contribution in [0.2, 0.25) is 0 Å². The van der Waals surface area contributed by atoms with Crippen LogP contribution in [0.4, 0.5) is 5.69 Å². The van der Waals surface area contributed by atoms with Gasteiger partial charge in [0.15, 0.2) is 0 Å². The molecule has 0 aliphatic carbocycles. The van der Waals surface area contributed by atoms with Gasteiger partial charge in [0.25, 0.3) is 5.69 Å².